The summed E-state index contributed by atoms with van der Waals surface area (Å²) in [5.74, 6) is -0.295. The maximum Gasteiger partial charge on any atom is 0.271 e. The molecular formula is C22H24ClN3O3S. The standard InChI is InChI=1S/C22H24ClN3O3S/c1-22(21(28)24-9-11-29-2)14-25-18(13-16-8-12-30-20(16)25)19(27)26(22)10-7-15-3-5-17(23)6-4-15/h3-6,8,12-13H,7,9-11,14H2,1-2H3,(H,24,28). The van der Waals surface area contributed by atoms with Crippen LogP contribution in [0.1, 0.15) is 23.0 Å². The van der Waals surface area contributed by atoms with Crippen molar-refractivity contribution in [2.75, 3.05) is 26.8 Å². The topological polar surface area (TPSA) is 63.6 Å². The fourth-order valence-electron chi connectivity index (χ4n) is 3.96. The highest BCUT2D eigenvalue weighted by molar-refractivity contribution is 7.16. The molecule has 8 heteroatoms. The number of ether oxygens (including phenoxy) is 1. The summed E-state index contributed by atoms with van der Waals surface area (Å²) in [5, 5.41) is 6.64. The maximum atomic E-state index is 13.5. The molecule has 2 aromatic heterocycles. The molecule has 1 aliphatic rings. The number of rotatable bonds is 7. The van der Waals surface area contributed by atoms with E-state index >= 15 is 0 Å². The Bertz CT molecular complexity index is 1080. The van der Waals surface area contributed by atoms with Gasteiger partial charge in [-0.15, -0.1) is 11.3 Å². The lowest BCUT2D eigenvalue weighted by Gasteiger charge is -2.44. The lowest BCUT2D eigenvalue weighted by atomic mass is 9.94. The van der Waals surface area contributed by atoms with Crippen molar-refractivity contribution in [3.05, 3.63) is 58.1 Å². The van der Waals surface area contributed by atoms with Gasteiger partial charge in [0.25, 0.3) is 5.91 Å². The molecule has 6 nitrogen and oxygen atoms in total. The van der Waals surface area contributed by atoms with Crippen LogP contribution in [0.3, 0.4) is 0 Å². The fraction of sp³-hybridized carbons (Fsp3) is 0.364. The molecule has 1 aromatic carbocycles. The van der Waals surface area contributed by atoms with E-state index in [9.17, 15) is 9.59 Å². The average molecular weight is 446 g/mol. The number of thiophene rings is 1. The quantitative estimate of drug-likeness (QED) is 0.565. The number of halogens is 1. The van der Waals surface area contributed by atoms with E-state index in [0.717, 1.165) is 15.8 Å². The van der Waals surface area contributed by atoms with Crippen LogP contribution in [-0.2, 0) is 22.5 Å². The van der Waals surface area contributed by atoms with Crippen molar-refractivity contribution in [3.63, 3.8) is 0 Å². The van der Waals surface area contributed by atoms with Crippen molar-refractivity contribution in [1.29, 1.82) is 0 Å². The molecule has 3 heterocycles. The van der Waals surface area contributed by atoms with Gasteiger partial charge in [-0.05, 0) is 48.6 Å². The molecular weight excluding hydrogens is 422 g/mol. The highest BCUT2D eigenvalue weighted by Gasteiger charge is 2.47. The summed E-state index contributed by atoms with van der Waals surface area (Å²) in [4.78, 5) is 29.4. The van der Waals surface area contributed by atoms with Gasteiger partial charge in [0, 0.05) is 30.6 Å². The summed E-state index contributed by atoms with van der Waals surface area (Å²) >= 11 is 7.57. The Hall–Kier alpha value is -2.35. The Labute approximate surface area is 184 Å². The van der Waals surface area contributed by atoms with Crippen LogP contribution in [0.15, 0.2) is 41.8 Å². The predicted molar refractivity (Wildman–Crippen MR) is 119 cm³/mol. The molecule has 0 radical (unpaired) electrons. The number of benzene rings is 1. The van der Waals surface area contributed by atoms with E-state index in [0.29, 0.717) is 43.4 Å². The SMILES string of the molecule is COCCNC(=O)C1(C)Cn2c(cc3ccsc32)C(=O)N1CCc1ccc(Cl)cc1. The Morgan fingerprint density at radius 1 is 1.30 bits per heavy atom. The van der Waals surface area contributed by atoms with E-state index in [1.165, 1.54) is 0 Å². The number of amides is 2. The second-order valence-electron chi connectivity index (χ2n) is 7.65. The molecule has 2 amide bonds. The summed E-state index contributed by atoms with van der Waals surface area (Å²) in [6, 6.07) is 11.5. The van der Waals surface area contributed by atoms with Gasteiger partial charge in [0.15, 0.2) is 0 Å². The van der Waals surface area contributed by atoms with Crippen molar-refractivity contribution < 1.29 is 14.3 Å². The number of fused-ring (bicyclic) bond motifs is 3. The van der Waals surface area contributed by atoms with Crippen LogP contribution in [0.4, 0.5) is 0 Å². The number of carbonyl (C=O) groups excluding carboxylic acids is 2. The maximum absolute atomic E-state index is 13.5. The van der Waals surface area contributed by atoms with Crippen molar-refractivity contribution >= 4 is 45.0 Å². The van der Waals surface area contributed by atoms with Gasteiger partial charge in [-0.1, -0.05) is 23.7 Å². The Morgan fingerprint density at radius 2 is 2.07 bits per heavy atom. The van der Waals surface area contributed by atoms with E-state index in [1.807, 2.05) is 53.3 Å². The Kier molecular flexibility index (Phi) is 5.86. The Balaban J connectivity index is 1.66. The Morgan fingerprint density at radius 3 is 2.80 bits per heavy atom. The van der Waals surface area contributed by atoms with Crippen molar-refractivity contribution in [1.82, 2.24) is 14.8 Å². The number of hydrogen-bond donors (Lipinski definition) is 1. The lowest BCUT2D eigenvalue weighted by molar-refractivity contribution is -0.133. The minimum atomic E-state index is -1.000. The van der Waals surface area contributed by atoms with Crippen molar-refractivity contribution in [2.45, 2.75) is 25.4 Å². The molecule has 1 aliphatic heterocycles. The first-order valence-electron chi connectivity index (χ1n) is 9.84. The molecule has 1 atom stereocenters. The molecule has 0 aliphatic carbocycles. The monoisotopic (exact) mass is 445 g/mol. The molecule has 0 fully saturated rings. The third-order valence-electron chi connectivity index (χ3n) is 5.65. The molecule has 0 bridgehead atoms. The number of nitrogens with zero attached hydrogens (tertiary/aromatic N) is 2. The van der Waals surface area contributed by atoms with Crippen molar-refractivity contribution in [3.8, 4) is 0 Å². The van der Waals surface area contributed by atoms with Gasteiger partial charge in [-0.3, -0.25) is 9.59 Å². The highest BCUT2D eigenvalue weighted by atomic mass is 35.5. The molecule has 1 N–H and O–H groups in total. The molecule has 1 unspecified atom stereocenters. The lowest BCUT2D eigenvalue weighted by Crippen LogP contribution is -2.64. The van der Waals surface area contributed by atoms with Gasteiger partial charge in [-0.25, -0.2) is 0 Å². The van der Waals surface area contributed by atoms with Crippen LogP contribution in [-0.4, -0.2) is 53.6 Å². The zero-order valence-corrected chi connectivity index (χ0v) is 18.6. The molecule has 0 saturated carbocycles. The minimum absolute atomic E-state index is 0.122. The third kappa shape index (κ3) is 3.73. The van der Waals surface area contributed by atoms with Gasteiger partial charge in [0.05, 0.1) is 13.2 Å². The van der Waals surface area contributed by atoms with Gasteiger partial charge in [0.2, 0.25) is 5.91 Å². The molecule has 0 spiro atoms. The van der Waals surface area contributed by atoms with Gasteiger partial charge in [0.1, 0.15) is 16.1 Å². The molecule has 0 saturated heterocycles. The summed E-state index contributed by atoms with van der Waals surface area (Å²) < 4.78 is 7.04. The minimum Gasteiger partial charge on any atom is -0.383 e. The smallest absolute Gasteiger partial charge is 0.271 e. The number of methoxy groups -OCH3 is 1. The van der Waals surface area contributed by atoms with E-state index in [1.54, 1.807) is 23.3 Å². The van der Waals surface area contributed by atoms with Gasteiger partial charge in [-0.2, -0.15) is 0 Å². The predicted octanol–water partition coefficient (Wildman–Crippen LogP) is 3.58. The zero-order chi connectivity index (χ0) is 21.3. The van der Waals surface area contributed by atoms with Crippen LogP contribution < -0.4 is 5.32 Å². The summed E-state index contributed by atoms with van der Waals surface area (Å²) in [6.07, 6.45) is 0.638. The second-order valence-corrected chi connectivity index (χ2v) is 8.98. The second kappa shape index (κ2) is 8.41. The largest absolute Gasteiger partial charge is 0.383 e. The first-order chi connectivity index (χ1) is 14.4. The highest BCUT2D eigenvalue weighted by Crippen LogP contribution is 2.34. The van der Waals surface area contributed by atoms with Crippen LogP contribution in [0.25, 0.3) is 10.2 Å². The molecule has 158 valence electrons. The molecule has 3 aromatic rings. The van der Waals surface area contributed by atoms with Gasteiger partial charge >= 0.3 is 0 Å². The van der Waals surface area contributed by atoms with E-state index in [2.05, 4.69) is 5.32 Å². The number of carbonyl (C=O) groups is 2. The zero-order valence-electron chi connectivity index (χ0n) is 17.0. The normalized spacial score (nSPS) is 18.6. The number of hydrogen-bond acceptors (Lipinski definition) is 4. The number of aromatic nitrogens is 1. The average Bonchev–Trinajstić information content (AvgIpc) is 3.32. The summed E-state index contributed by atoms with van der Waals surface area (Å²) in [6.45, 7) is 3.52. The van der Waals surface area contributed by atoms with E-state index in [-0.39, 0.29) is 11.8 Å². The first-order valence-corrected chi connectivity index (χ1v) is 11.1. The summed E-state index contributed by atoms with van der Waals surface area (Å²) in [5.41, 5.74) is 0.701. The van der Waals surface area contributed by atoms with E-state index < -0.39 is 5.54 Å². The first kappa shape index (κ1) is 20.9. The third-order valence-corrected chi connectivity index (χ3v) is 6.85. The van der Waals surface area contributed by atoms with Crippen LogP contribution in [0.5, 0.6) is 0 Å². The molecule has 30 heavy (non-hydrogen) atoms. The van der Waals surface area contributed by atoms with Crippen LogP contribution >= 0.6 is 22.9 Å². The summed E-state index contributed by atoms with van der Waals surface area (Å²) in [7, 11) is 1.59. The van der Waals surface area contributed by atoms with E-state index in [4.69, 9.17) is 16.3 Å². The van der Waals surface area contributed by atoms with Crippen molar-refractivity contribution in [2.24, 2.45) is 0 Å². The van der Waals surface area contributed by atoms with Gasteiger partial charge < -0.3 is 19.5 Å². The van der Waals surface area contributed by atoms with Crippen LogP contribution in [0.2, 0.25) is 5.02 Å². The van der Waals surface area contributed by atoms with Crippen LogP contribution in [0, 0.1) is 0 Å². The number of nitrogens with one attached hydrogen (secondary N) is 1. The fourth-order valence-corrected chi connectivity index (χ4v) is 4.98. The molecule has 4 rings (SSSR count).